The van der Waals surface area contributed by atoms with E-state index in [1.807, 2.05) is 0 Å². The highest BCUT2D eigenvalue weighted by Crippen LogP contribution is 2.34. The molecule has 1 fully saturated rings. The van der Waals surface area contributed by atoms with Crippen LogP contribution in [0.3, 0.4) is 0 Å². The monoisotopic (exact) mass is 170 g/mol. The minimum absolute atomic E-state index is 0.416. The summed E-state index contributed by atoms with van der Waals surface area (Å²) in [5.41, 5.74) is 0.416. The van der Waals surface area contributed by atoms with Crippen LogP contribution >= 0.6 is 0 Å². The summed E-state index contributed by atoms with van der Waals surface area (Å²) in [6.07, 6.45) is 0. The minimum atomic E-state index is 0.416. The Balaban J connectivity index is 2.77. The lowest BCUT2D eigenvalue weighted by atomic mass is 10.0. The summed E-state index contributed by atoms with van der Waals surface area (Å²) in [6.45, 7) is 14.6. The maximum Gasteiger partial charge on any atom is 0.0905 e. The third-order valence-electron chi connectivity index (χ3n) is 3.97. The molecule has 0 aliphatic carbocycles. The zero-order chi connectivity index (χ0) is 9.57. The predicted molar refractivity (Wildman–Crippen MR) is 54.0 cm³/mol. The van der Waals surface area contributed by atoms with E-state index in [4.69, 9.17) is 0 Å². The van der Waals surface area contributed by atoms with Gasteiger partial charge in [-0.15, -0.1) is 0 Å². The standard InChI is InChI=1S/C11H24N/c1-9-7-12(6,8-10(9)2)11(3,4)5/h9-10H,7-8H2,1-6H3/q+1/t9-,10+,12?. The first-order valence-corrected chi connectivity index (χ1v) is 5.11. The van der Waals surface area contributed by atoms with Crippen molar-refractivity contribution in [2.75, 3.05) is 20.1 Å². The molecule has 12 heavy (non-hydrogen) atoms. The highest BCUT2D eigenvalue weighted by atomic mass is 15.4. The second kappa shape index (κ2) is 2.73. The average molecular weight is 170 g/mol. The molecular weight excluding hydrogens is 146 g/mol. The van der Waals surface area contributed by atoms with Gasteiger partial charge in [0.2, 0.25) is 0 Å². The van der Waals surface area contributed by atoms with Crippen molar-refractivity contribution in [1.82, 2.24) is 0 Å². The van der Waals surface area contributed by atoms with Gasteiger partial charge in [-0.05, 0) is 20.8 Å². The summed E-state index contributed by atoms with van der Waals surface area (Å²) < 4.78 is 1.25. The van der Waals surface area contributed by atoms with Gasteiger partial charge >= 0.3 is 0 Å². The Kier molecular flexibility index (Phi) is 2.28. The van der Waals surface area contributed by atoms with Crippen molar-refractivity contribution < 1.29 is 4.48 Å². The highest BCUT2D eigenvalue weighted by Gasteiger charge is 2.45. The van der Waals surface area contributed by atoms with E-state index in [9.17, 15) is 0 Å². The first-order chi connectivity index (χ1) is 5.26. The second-order valence-electron chi connectivity index (χ2n) is 5.89. The maximum atomic E-state index is 2.40. The molecule has 0 bridgehead atoms. The number of likely N-dealkylation sites (tertiary alicyclic amines) is 1. The Labute approximate surface area is 77.4 Å². The molecule has 1 saturated heterocycles. The van der Waals surface area contributed by atoms with Crippen LogP contribution in [0.4, 0.5) is 0 Å². The summed E-state index contributed by atoms with van der Waals surface area (Å²) in [6, 6.07) is 0. The quantitative estimate of drug-likeness (QED) is 0.490. The van der Waals surface area contributed by atoms with E-state index in [-0.39, 0.29) is 0 Å². The summed E-state index contributed by atoms with van der Waals surface area (Å²) in [5, 5.41) is 0. The molecule has 0 spiro atoms. The molecule has 1 aliphatic rings. The lowest BCUT2D eigenvalue weighted by molar-refractivity contribution is -0.944. The van der Waals surface area contributed by atoms with E-state index < -0.39 is 0 Å². The van der Waals surface area contributed by atoms with Gasteiger partial charge in [-0.25, -0.2) is 0 Å². The molecule has 3 atom stereocenters. The number of hydrogen-bond donors (Lipinski definition) is 0. The van der Waals surface area contributed by atoms with Crippen molar-refractivity contribution in [2.24, 2.45) is 11.8 Å². The smallest absolute Gasteiger partial charge is 0.0905 e. The molecule has 0 amide bonds. The SMILES string of the molecule is C[C@@H]1C[N+](C)(C(C)(C)C)C[C@@H]1C. The van der Waals surface area contributed by atoms with Crippen LogP contribution in [0.2, 0.25) is 0 Å². The van der Waals surface area contributed by atoms with E-state index in [0.29, 0.717) is 5.54 Å². The lowest BCUT2D eigenvalue weighted by Gasteiger charge is -2.42. The van der Waals surface area contributed by atoms with Crippen molar-refractivity contribution in [2.45, 2.75) is 40.2 Å². The molecule has 72 valence electrons. The van der Waals surface area contributed by atoms with Crippen LogP contribution in [0.25, 0.3) is 0 Å². The summed E-state index contributed by atoms with van der Waals surface area (Å²) in [7, 11) is 2.40. The topological polar surface area (TPSA) is 0 Å². The van der Waals surface area contributed by atoms with Crippen molar-refractivity contribution in [1.29, 1.82) is 0 Å². The fourth-order valence-electron chi connectivity index (χ4n) is 2.25. The van der Waals surface area contributed by atoms with E-state index in [1.165, 1.54) is 17.6 Å². The average Bonchev–Trinajstić information content (AvgIpc) is 2.06. The fraction of sp³-hybridized carbons (Fsp3) is 1.00. The molecule has 0 aromatic carbocycles. The summed E-state index contributed by atoms with van der Waals surface area (Å²) >= 11 is 0. The summed E-state index contributed by atoms with van der Waals surface area (Å²) in [4.78, 5) is 0. The van der Waals surface area contributed by atoms with Crippen molar-refractivity contribution in [3.8, 4) is 0 Å². The third-order valence-corrected chi connectivity index (χ3v) is 3.97. The molecule has 1 heteroatoms. The van der Waals surface area contributed by atoms with E-state index in [0.717, 1.165) is 11.8 Å². The molecular formula is C11H24N+. The van der Waals surface area contributed by atoms with Crippen molar-refractivity contribution in [3.05, 3.63) is 0 Å². The van der Waals surface area contributed by atoms with Crippen LogP contribution in [0.15, 0.2) is 0 Å². The Morgan fingerprint density at radius 3 is 1.50 bits per heavy atom. The molecule has 0 saturated carbocycles. The van der Waals surface area contributed by atoms with Crippen LogP contribution in [-0.4, -0.2) is 30.2 Å². The number of quaternary nitrogens is 1. The molecule has 0 N–H and O–H groups in total. The molecule has 1 heterocycles. The van der Waals surface area contributed by atoms with Gasteiger partial charge < -0.3 is 4.48 Å². The molecule has 0 radical (unpaired) electrons. The van der Waals surface area contributed by atoms with Crippen LogP contribution in [0, 0.1) is 11.8 Å². The lowest BCUT2D eigenvalue weighted by Crippen LogP contribution is -2.55. The van der Waals surface area contributed by atoms with Crippen LogP contribution in [-0.2, 0) is 0 Å². The van der Waals surface area contributed by atoms with Gasteiger partial charge in [0.15, 0.2) is 0 Å². The van der Waals surface area contributed by atoms with Gasteiger partial charge in [0, 0.05) is 11.8 Å². The molecule has 1 rings (SSSR count). The number of hydrogen-bond acceptors (Lipinski definition) is 0. The molecule has 1 aliphatic heterocycles. The molecule has 0 aromatic heterocycles. The van der Waals surface area contributed by atoms with Crippen molar-refractivity contribution in [3.63, 3.8) is 0 Å². The van der Waals surface area contributed by atoms with Gasteiger partial charge in [0.25, 0.3) is 0 Å². The second-order valence-corrected chi connectivity index (χ2v) is 5.89. The van der Waals surface area contributed by atoms with Gasteiger partial charge in [0.1, 0.15) is 0 Å². The molecule has 0 aromatic rings. The van der Waals surface area contributed by atoms with Crippen molar-refractivity contribution >= 4 is 0 Å². The highest BCUT2D eigenvalue weighted by molar-refractivity contribution is 4.74. The van der Waals surface area contributed by atoms with E-state index in [1.54, 1.807) is 0 Å². The molecule has 1 nitrogen and oxygen atoms in total. The van der Waals surface area contributed by atoms with Gasteiger partial charge in [-0.1, -0.05) is 13.8 Å². The number of rotatable bonds is 0. The van der Waals surface area contributed by atoms with Gasteiger partial charge in [-0.2, -0.15) is 0 Å². The largest absolute Gasteiger partial charge is 0.321 e. The Hall–Kier alpha value is -0.0400. The van der Waals surface area contributed by atoms with Crippen LogP contribution in [0.5, 0.6) is 0 Å². The third kappa shape index (κ3) is 1.52. The van der Waals surface area contributed by atoms with Gasteiger partial charge in [0.05, 0.1) is 25.7 Å². The van der Waals surface area contributed by atoms with Crippen LogP contribution < -0.4 is 0 Å². The van der Waals surface area contributed by atoms with E-state index in [2.05, 4.69) is 41.7 Å². The normalized spacial score (nSPS) is 43.5. The maximum absolute atomic E-state index is 2.40. The minimum Gasteiger partial charge on any atom is -0.321 e. The predicted octanol–water partition coefficient (Wildman–Crippen LogP) is 2.52. The first-order valence-electron chi connectivity index (χ1n) is 5.11. The summed E-state index contributed by atoms with van der Waals surface area (Å²) in [5.74, 6) is 1.79. The number of nitrogens with zero attached hydrogens (tertiary/aromatic N) is 1. The Morgan fingerprint density at radius 1 is 1.00 bits per heavy atom. The fourth-order valence-corrected chi connectivity index (χ4v) is 2.25. The molecule has 1 unspecified atom stereocenters. The Morgan fingerprint density at radius 2 is 1.33 bits per heavy atom. The Bertz CT molecular complexity index is 156. The first kappa shape index (κ1) is 10.0. The zero-order valence-corrected chi connectivity index (χ0v) is 9.52. The zero-order valence-electron chi connectivity index (χ0n) is 9.52. The van der Waals surface area contributed by atoms with Gasteiger partial charge in [-0.3, -0.25) is 0 Å². The van der Waals surface area contributed by atoms with E-state index >= 15 is 0 Å². The van der Waals surface area contributed by atoms with Crippen LogP contribution in [0.1, 0.15) is 34.6 Å².